The van der Waals surface area contributed by atoms with Crippen molar-refractivity contribution in [2.75, 3.05) is 19.6 Å². The van der Waals surface area contributed by atoms with Crippen LogP contribution in [-0.2, 0) is 19.1 Å². The van der Waals surface area contributed by atoms with Gasteiger partial charge in [-0.25, -0.2) is 20.3 Å². The number of hydroxylamine groups is 2. The second-order valence-corrected chi connectivity index (χ2v) is 9.53. The Morgan fingerprint density at radius 1 is 1.18 bits per heavy atom. The predicted octanol–water partition coefficient (Wildman–Crippen LogP) is 3.09. The molecule has 2 atom stereocenters. The number of hydrazine groups is 1. The molecule has 1 rings (SSSR count). The number of likely N-dealkylation sites (tertiary alicyclic amines) is 1. The Morgan fingerprint density at radius 3 is 2.42 bits per heavy atom. The Hall–Kier alpha value is -2.20. The molecule has 2 N–H and O–H groups in total. The highest BCUT2D eigenvalue weighted by Crippen LogP contribution is 2.23. The van der Waals surface area contributed by atoms with Crippen LogP contribution in [0.25, 0.3) is 0 Å². The fraction of sp³-hybridized carbons (Fsp3) is 0.826. The van der Waals surface area contributed by atoms with Crippen molar-refractivity contribution in [3.63, 3.8) is 0 Å². The van der Waals surface area contributed by atoms with Crippen LogP contribution >= 0.6 is 0 Å². The molecule has 4 amide bonds. The third kappa shape index (κ3) is 9.67. The molecule has 0 aromatic heterocycles. The third-order valence-corrected chi connectivity index (χ3v) is 5.44. The summed E-state index contributed by atoms with van der Waals surface area (Å²) in [4.78, 5) is 51.9. The monoisotopic (exact) mass is 470 g/mol. The maximum absolute atomic E-state index is 13.5. The van der Waals surface area contributed by atoms with Crippen LogP contribution in [0.4, 0.5) is 4.79 Å². The molecule has 10 nitrogen and oxygen atoms in total. The van der Waals surface area contributed by atoms with Gasteiger partial charge in [0.25, 0.3) is 5.91 Å². The number of nitrogens with one attached hydrogen (secondary N) is 1. The van der Waals surface area contributed by atoms with E-state index in [4.69, 9.17) is 4.74 Å². The summed E-state index contributed by atoms with van der Waals surface area (Å²) in [5.41, 5.74) is 2.23. The van der Waals surface area contributed by atoms with Crippen LogP contribution in [0.1, 0.15) is 86.0 Å². The first kappa shape index (κ1) is 28.8. The lowest BCUT2D eigenvalue weighted by Crippen LogP contribution is -2.57. The first-order valence-electron chi connectivity index (χ1n) is 12.1. The zero-order chi connectivity index (χ0) is 25.0. The van der Waals surface area contributed by atoms with Gasteiger partial charge in [-0.05, 0) is 46.5 Å². The molecule has 0 radical (unpaired) electrons. The van der Waals surface area contributed by atoms with E-state index < -0.39 is 35.5 Å². The first-order chi connectivity index (χ1) is 15.6. The van der Waals surface area contributed by atoms with Crippen molar-refractivity contribution in [2.45, 2.75) is 97.6 Å². The van der Waals surface area contributed by atoms with Crippen LogP contribution < -0.4 is 5.43 Å². The molecule has 0 bridgehead atoms. The molecule has 0 spiro atoms. The summed E-state index contributed by atoms with van der Waals surface area (Å²) in [5.74, 6) is -1.78. The molecular weight excluding hydrogens is 428 g/mol. The van der Waals surface area contributed by atoms with Gasteiger partial charge in [0.15, 0.2) is 0 Å². The molecule has 0 aromatic carbocycles. The molecule has 1 saturated heterocycles. The maximum atomic E-state index is 13.5. The molecule has 0 saturated carbocycles. The van der Waals surface area contributed by atoms with Gasteiger partial charge >= 0.3 is 6.09 Å². The molecule has 1 heterocycles. The first-order valence-corrected chi connectivity index (χ1v) is 12.1. The lowest BCUT2D eigenvalue weighted by atomic mass is 9.99. The van der Waals surface area contributed by atoms with Gasteiger partial charge in [0.1, 0.15) is 11.6 Å². The van der Waals surface area contributed by atoms with Crippen molar-refractivity contribution < 1.29 is 29.1 Å². The van der Waals surface area contributed by atoms with Gasteiger partial charge < -0.3 is 4.74 Å². The minimum atomic E-state index is -0.814. The quantitative estimate of drug-likeness (QED) is 0.184. The van der Waals surface area contributed by atoms with Crippen molar-refractivity contribution >= 4 is 24.3 Å². The van der Waals surface area contributed by atoms with Crippen molar-refractivity contribution in [1.82, 2.24) is 20.4 Å². The van der Waals surface area contributed by atoms with E-state index in [1.54, 1.807) is 20.8 Å². The van der Waals surface area contributed by atoms with Crippen LogP contribution in [0.3, 0.4) is 0 Å². The minimum Gasteiger partial charge on any atom is -0.444 e. The highest BCUT2D eigenvalue weighted by molar-refractivity contribution is 5.99. The number of carbonyl (C=O) groups excluding carboxylic acids is 4. The van der Waals surface area contributed by atoms with Gasteiger partial charge in [-0.15, -0.1) is 0 Å². The van der Waals surface area contributed by atoms with Crippen LogP contribution in [0, 0.1) is 5.92 Å². The molecule has 1 aliphatic rings. The van der Waals surface area contributed by atoms with Crippen LogP contribution in [-0.4, -0.2) is 75.8 Å². The number of hydrogen-bond acceptors (Lipinski definition) is 7. The number of ether oxygens (including phenoxy) is 1. The lowest BCUT2D eigenvalue weighted by molar-refractivity contribution is -0.162. The van der Waals surface area contributed by atoms with E-state index in [0.717, 1.165) is 37.1 Å². The van der Waals surface area contributed by atoms with Gasteiger partial charge in [0, 0.05) is 13.1 Å². The van der Waals surface area contributed by atoms with Gasteiger partial charge in [0.05, 0.1) is 12.5 Å². The average Bonchev–Trinajstić information content (AvgIpc) is 3.24. The summed E-state index contributed by atoms with van der Waals surface area (Å²) in [6.07, 6.45) is 5.33. The highest BCUT2D eigenvalue weighted by atomic mass is 16.6. The Labute approximate surface area is 197 Å². The number of carbonyl (C=O) groups is 4. The minimum absolute atomic E-state index is 0.203. The van der Waals surface area contributed by atoms with E-state index in [2.05, 4.69) is 5.43 Å². The van der Waals surface area contributed by atoms with Gasteiger partial charge in [-0.2, -0.15) is 0 Å². The van der Waals surface area contributed by atoms with Crippen molar-refractivity contribution in [2.24, 2.45) is 5.92 Å². The molecule has 1 fully saturated rings. The van der Waals surface area contributed by atoms with Crippen LogP contribution in [0.2, 0.25) is 0 Å². The topological polar surface area (TPSA) is 119 Å². The molecule has 0 aliphatic carbocycles. The van der Waals surface area contributed by atoms with Crippen LogP contribution in [0.5, 0.6) is 0 Å². The molecule has 1 unspecified atom stereocenters. The fourth-order valence-electron chi connectivity index (χ4n) is 3.73. The number of hydrogen-bond donors (Lipinski definition) is 2. The Morgan fingerprint density at radius 2 is 1.85 bits per heavy atom. The maximum Gasteiger partial charge on any atom is 0.410 e. The van der Waals surface area contributed by atoms with Crippen LogP contribution in [0.15, 0.2) is 0 Å². The van der Waals surface area contributed by atoms with E-state index >= 15 is 0 Å². The molecule has 10 heteroatoms. The molecular formula is C23H42N4O6. The Balaban J connectivity index is 3.10. The standard InChI is InChI=1S/C23H42N4O6/c1-6-8-10-12-18(16-25(32)17-28)20(29)27(24-14-9-7-2)21(30)19-13-11-15-26(19)22(31)33-23(3,4)5/h17-19,24,32H,6-16H2,1-5H3/t18?,19-/m0/s1. The normalized spacial score (nSPS) is 16.9. The number of amides is 4. The van der Waals surface area contributed by atoms with E-state index in [1.165, 1.54) is 4.90 Å². The number of nitrogens with zero attached hydrogens (tertiary/aromatic N) is 3. The molecule has 33 heavy (non-hydrogen) atoms. The summed E-state index contributed by atoms with van der Waals surface area (Å²) in [5, 5.41) is 11.2. The summed E-state index contributed by atoms with van der Waals surface area (Å²) in [7, 11) is 0. The average molecular weight is 471 g/mol. The predicted molar refractivity (Wildman–Crippen MR) is 123 cm³/mol. The zero-order valence-electron chi connectivity index (χ0n) is 20.8. The zero-order valence-corrected chi connectivity index (χ0v) is 20.8. The van der Waals surface area contributed by atoms with Crippen molar-refractivity contribution in [3.05, 3.63) is 0 Å². The lowest BCUT2D eigenvalue weighted by Gasteiger charge is -2.32. The smallest absolute Gasteiger partial charge is 0.410 e. The van der Waals surface area contributed by atoms with Crippen molar-refractivity contribution in [3.8, 4) is 0 Å². The summed E-state index contributed by atoms with van der Waals surface area (Å²) < 4.78 is 5.45. The summed E-state index contributed by atoms with van der Waals surface area (Å²) >= 11 is 0. The number of imide groups is 1. The Kier molecular flexibility index (Phi) is 12.4. The highest BCUT2D eigenvalue weighted by Gasteiger charge is 2.41. The van der Waals surface area contributed by atoms with E-state index in [9.17, 15) is 24.4 Å². The fourth-order valence-corrected chi connectivity index (χ4v) is 3.73. The largest absolute Gasteiger partial charge is 0.444 e. The van der Waals surface area contributed by atoms with E-state index in [1.807, 2.05) is 13.8 Å². The number of rotatable bonds is 13. The van der Waals surface area contributed by atoms with Gasteiger partial charge in [0.2, 0.25) is 12.3 Å². The molecule has 190 valence electrons. The van der Waals surface area contributed by atoms with Gasteiger partial charge in [-0.3, -0.25) is 24.5 Å². The second-order valence-electron chi connectivity index (χ2n) is 9.53. The Bertz CT molecular complexity index is 651. The SMILES string of the molecule is CCCCCC(CN(O)C=O)C(=O)N(NCCCC)C(=O)[C@@H]1CCCN1C(=O)OC(C)(C)C. The van der Waals surface area contributed by atoms with Gasteiger partial charge in [-0.1, -0.05) is 39.5 Å². The molecule has 1 aliphatic heterocycles. The van der Waals surface area contributed by atoms with E-state index in [0.29, 0.717) is 37.4 Å². The second kappa shape index (κ2) is 14.1. The van der Waals surface area contributed by atoms with Crippen molar-refractivity contribution in [1.29, 1.82) is 0 Å². The summed E-state index contributed by atoms with van der Waals surface area (Å²) in [6.45, 7) is 9.89. The number of unbranched alkanes of at least 4 members (excludes halogenated alkanes) is 3. The molecule has 0 aromatic rings. The third-order valence-electron chi connectivity index (χ3n) is 5.44. The summed E-state index contributed by atoms with van der Waals surface area (Å²) in [6, 6.07) is -0.814. The van der Waals surface area contributed by atoms with E-state index in [-0.39, 0.29) is 13.0 Å².